The number of nitrogens with zero attached hydrogens (tertiary/aromatic N) is 3. The highest BCUT2D eigenvalue weighted by molar-refractivity contribution is 7.97. The molecule has 34 heavy (non-hydrogen) atoms. The van der Waals surface area contributed by atoms with Crippen LogP contribution in [0.15, 0.2) is 35.2 Å². The van der Waals surface area contributed by atoms with Gasteiger partial charge < -0.3 is 9.47 Å². The van der Waals surface area contributed by atoms with Crippen molar-refractivity contribution in [1.82, 2.24) is 14.3 Å². The van der Waals surface area contributed by atoms with Crippen molar-refractivity contribution in [3.05, 3.63) is 35.9 Å². The highest BCUT2D eigenvalue weighted by atomic mass is 32.2. The van der Waals surface area contributed by atoms with E-state index in [9.17, 15) is 44.3 Å². The molecule has 2 rings (SSSR count). The number of ether oxygens (including phenoxy) is 2. The zero-order valence-electron chi connectivity index (χ0n) is 16.7. The predicted octanol–water partition coefficient (Wildman–Crippen LogP) is 5.55. The van der Waals surface area contributed by atoms with E-state index in [1.165, 1.54) is 7.05 Å². The summed E-state index contributed by atoms with van der Waals surface area (Å²) in [6, 6.07) is 3.28. The van der Waals surface area contributed by atoms with Gasteiger partial charge in [-0.1, -0.05) is 0 Å². The molecule has 0 bridgehead atoms. The Morgan fingerprint density at radius 3 is 1.79 bits per heavy atom. The summed E-state index contributed by atoms with van der Waals surface area (Å²) in [4.78, 5) is 19.4. The molecule has 0 aliphatic carbocycles. The summed E-state index contributed by atoms with van der Waals surface area (Å²) in [6.45, 7) is -3.67. The summed E-state index contributed by atoms with van der Waals surface area (Å²) >= 11 is 0.664. The van der Waals surface area contributed by atoms with Crippen LogP contribution in [0.3, 0.4) is 0 Å². The van der Waals surface area contributed by atoms with Crippen molar-refractivity contribution in [3.63, 3.8) is 0 Å². The summed E-state index contributed by atoms with van der Waals surface area (Å²) in [5.74, 6) is -2.42. The topological polar surface area (TPSA) is 76.6 Å². The molecule has 7 nitrogen and oxygen atoms in total. The fourth-order valence-electron chi connectivity index (χ4n) is 2.00. The number of halogens is 9. The number of benzene rings is 1. The van der Waals surface area contributed by atoms with E-state index in [0.717, 1.165) is 28.6 Å². The minimum absolute atomic E-state index is 0.211. The average molecular weight is 524 g/mol. The first-order valence-corrected chi connectivity index (χ1v) is 9.47. The smallest absolute Gasteiger partial charge is 0.422 e. The van der Waals surface area contributed by atoms with Gasteiger partial charge in [0.25, 0.3) is 0 Å². The average Bonchev–Trinajstić information content (AvgIpc) is 2.69. The molecule has 1 aromatic heterocycles. The number of carbonyl (C=O) groups excluding carboxylic acids is 1. The molecule has 17 heteroatoms. The molecule has 1 N–H and O–H groups in total. The molecule has 0 spiro atoms. The number of alkyl halides is 9. The number of hydrogen-bond acceptors (Lipinski definition) is 6. The van der Waals surface area contributed by atoms with E-state index in [0.29, 0.717) is 18.0 Å². The summed E-state index contributed by atoms with van der Waals surface area (Å²) in [7, 11) is 1.18. The second kappa shape index (κ2) is 10.4. The molecular formula is C17H13F9N4O3S. The van der Waals surface area contributed by atoms with Crippen LogP contribution >= 0.6 is 11.9 Å². The van der Waals surface area contributed by atoms with Gasteiger partial charge in [0, 0.05) is 11.9 Å². The number of anilines is 1. The van der Waals surface area contributed by atoms with Gasteiger partial charge in [0.05, 0.1) is 11.6 Å². The Labute approximate surface area is 189 Å². The lowest BCUT2D eigenvalue weighted by atomic mass is 10.2. The Hall–Kier alpha value is -3.11. The molecule has 1 heterocycles. The van der Waals surface area contributed by atoms with Gasteiger partial charge in [-0.2, -0.15) is 49.5 Å². The van der Waals surface area contributed by atoms with Crippen LogP contribution in [0.1, 0.15) is 5.56 Å². The molecule has 1 aromatic carbocycles. The van der Waals surface area contributed by atoms with E-state index in [4.69, 9.17) is 0 Å². The van der Waals surface area contributed by atoms with Crippen LogP contribution in [0.4, 0.5) is 50.3 Å². The van der Waals surface area contributed by atoms with Gasteiger partial charge in [-0.3, -0.25) is 9.62 Å². The van der Waals surface area contributed by atoms with Crippen molar-refractivity contribution >= 4 is 23.9 Å². The van der Waals surface area contributed by atoms with Gasteiger partial charge in [-0.25, -0.2) is 4.79 Å². The number of rotatable bonds is 7. The summed E-state index contributed by atoms with van der Waals surface area (Å²) in [6.07, 6.45) is -14.1. The molecule has 0 atom stereocenters. The maximum Gasteiger partial charge on any atom is 0.422 e. The van der Waals surface area contributed by atoms with Crippen LogP contribution in [-0.4, -0.2) is 52.9 Å². The second-order valence-electron chi connectivity index (χ2n) is 6.22. The molecule has 0 radical (unpaired) electrons. The number of hydrogen-bond donors (Lipinski definition) is 1. The van der Waals surface area contributed by atoms with Crippen LogP contribution in [0.2, 0.25) is 0 Å². The summed E-state index contributed by atoms with van der Waals surface area (Å²) in [5, 5.41) is 2.01. The van der Waals surface area contributed by atoms with Gasteiger partial charge in [0.15, 0.2) is 13.2 Å². The van der Waals surface area contributed by atoms with Crippen LogP contribution < -0.4 is 14.8 Å². The molecule has 0 aliphatic rings. The Balaban J connectivity index is 2.13. The number of aromatic nitrogens is 2. The standard InChI is InChI=1S/C17H13F9N4O3S/c1-30(34-10-4-2-9(3-5-10)17(24,25)26)14(31)29-13-27-11(32-7-15(18,19)20)6-12(28-13)33-8-16(21,22)23/h2-6H,7-8H2,1H3,(H,27,28,29,31). The molecule has 2 amide bonds. The quantitative estimate of drug-likeness (QED) is 0.378. The summed E-state index contributed by atoms with van der Waals surface area (Å²) in [5.41, 5.74) is -0.917. The Morgan fingerprint density at radius 1 is 0.912 bits per heavy atom. The predicted molar refractivity (Wildman–Crippen MR) is 99.2 cm³/mol. The van der Waals surface area contributed by atoms with Gasteiger partial charge in [0.1, 0.15) is 0 Å². The number of nitrogens with one attached hydrogen (secondary N) is 1. The van der Waals surface area contributed by atoms with Crippen molar-refractivity contribution in [1.29, 1.82) is 0 Å². The van der Waals surface area contributed by atoms with E-state index in [-0.39, 0.29) is 4.90 Å². The third-order valence-electron chi connectivity index (χ3n) is 3.38. The maximum atomic E-state index is 12.6. The van der Waals surface area contributed by atoms with Gasteiger partial charge >= 0.3 is 24.6 Å². The van der Waals surface area contributed by atoms with Gasteiger partial charge in [-0.15, -0.1) is 0 Å². The lowest BCUT2D eigenvalue weighted by Crippen LogP contribution is -2.27. The van der Waals surface area contributed by atoms with Crippen LogP contribution in [0.25, 0.3) is 0 Å². The third-order valence-corrected chi connectivity index (χ3v) is 4.30. The van der Waals surface area contributed by atoms with E-state index in [2.05, 4.69) is 19.4 Å². The second-order valence-corrected chi connectivity index (χ2v) is 7.42. The molecule has 0 unspecified atom stereocenters. The lowest BCUT2D eigenvalue weighted by molar-refractivity contribution is -0.154. The number of urea groups is 1. The van der Waals surface area contributed by atoms with Crippen molar-refractivity contribution in [3.8, 4) is 11.8 Å². The molecule has 0 fully saturated rings. The largest absolute Gasteiger partial charge is 0.468 e. The van der Waals surface area contributed by atoms with E-state index < -0.39 is 61.0 Å². The molecular weight excluding hydrogens is 511 g/mol. The lowest BCUT2D eigenvalue weighted by Gasteiger charge is -2.17. The van der Waals surface area contributed by atoms with Gasteiger partial charge in [-0.05, 0) is 36.2 Å². The minimum Gasteiger partial charge on any atom is -0.468 e. The van der Waals surface area contributed by atoms with Crippen molar-refractivity contribution in [2.75, 3.05) is 25.6 Å². The molecule has 0 aliphatic heterocycles. The molecule has 0 saturated heterocycles. The fourth-order valence-corrected chi connectivity index (χ4v) is 2.70. The van der Waals surface area contributed by atoms with Crippen molar-refractivity contribution < 1.29 is 53.8 Å². The third kappa shape index (κ3) is 9.40. The first kappa shape index (κ1) is 27.1. The van der Waals surface area contributed by atoms with Crippen LogP contribution in [0.5, 0.6) is 11.8 Å². The van der Waals surface area contributed by atoms with Crippen molar-refractivity contribution in [2.24, 2.45) is 0 Å². The molecule has 0 saturated carbocycles. The van der Waals surface area contributed by atoms with E-state index >= 15 is 0 Å². The van der Waals surface area contributed by atoms with E-state index in [1.54, 1.807) is 0 Å². The van der Waals surface area contributed by atoms with E-state index in [1.807, 2.05) is 5.32 Å². The minimum atomic E-state index is -4.79. The van der Waals surface area contributed by atoms with Gasteiger partial charge in [0.2, 0.25) is 17.7 Å². The normalized spacial score (nSPS) is 12.3. The zero-order chi connectivity index (χ0) is 25.7. The Kier molecular flexibility index (Phi) is 8.33. The Morgan fingerprint density at radius 2 is 1.38 bits per heavy atom. The summed E-state index contributed by atoms with van der Waals surface area (Å²) < 4.78 is 122. The SMILES string of the molecule is CN(Sc1ccc(C(F)(F)F)cc1)C(=O)Nc1nc(OCC(F)(F)F)cc(OCC(F)(F)F)n1. The van der Waals surface area contributed by atoms with Crippen LogP contribution in [-0.2, 0) is 6.18 Å². The first-order valence-electron chi connectivity index (χ1n) is 8.70. The fraction of sp³-hybridized carbons (Fsp3) is 0.353. The Bertz CT molecular complexity index is 946. The highest BCUT2D eigenvalue weighted by Gasteiger charge is 2.31. The first-order chi connectivity index (χ1) is 15.5. The monoisotopic (exact) mass is 524 g/mol. The van der Waals surface area contributed by atoms with Crippen LogP contribution in [0, 0.1) is 0 Å². The maximum absolute atomic E-state index is 12.6. The van der Waals surface area contributed by atoms with Crippen molar-refractivity contribution in [2.45, 2.75) is 23.4 Å². The highest BCUT2D eigenvalue weighted by Crippen LogP contribution is 2.31. The number of amides is 2. The molecule has 188 valence electrons. The zero-order valence-corrected chi connectivity index (χ0v) is 17.5. The number of carbonyl (C=O) groups is 1. The molecule has 2 aromatic rings.